The zero-order chi connectivity index (χ0) is 23.5. The van der Waals surface area contributed by atoms with Gasteiger partial charge in [0.25, 0.3) is 0 Å². The molecule has 32 heavy (non-hydrogen) atoms. The molecule has 172 valence electrons. The number of nitrogens with zero attached hydrogens (tertiary/aromatic N) is 1. The van der Waals surface area contributed by atoms with Gasteiger partial charge in [0.1, 0.15) is 5.75 Å². The molecule has 0 aliphatic heterocycles. The number of benzene rings is 2. The zero-order valence-electron chi connectivity index (χ0n) is 18.8. The molecule has 1 aliphatic carbocycles. The minimum Gasteiger partial charge on any atom is -0.496 e. The summed E-state index contributed by atoms with van der Waals surface area (Å²) in [6.45, 7) is 7.48. The number of aromatic amines is 1. The normalized spacial score (nSPS) is 22.8. The third-order valence-corrected chi connectivity index (χ3v) is 6.47. The topological polar surface area (TPSA) is 70.2 Å². The van der Waals surface area contributed by atoms with E-state index in [-0.39, 0.29) is 5.92 Å². The van der Waals surface area contributed by atoms with Crippen LogP contribution in [0.2, 0.25) is 0 Å². The third kappa shape index (κ3) is 3.41. The molecule has 5 nitrogen and oxygen atoms in total. The van der Waals surface area contributed by atoms with Crippen molar-refractivity contribution in [1.82, 2.24) is 10.2 Å². The summed E-state index contributed by atoms with van der Waals surface area (Å²) in [7, 11) is 1.54. The van der Waals surface area contributed by atoms with Crippen LogP contribution in [-0.4, -0.2) is 34.2 Å². The van der Waals surface area contributed by atoms with Gasteiger partial charge in [-0.3, -0.25) is 5.10 Å². The molecule has 0 bridgehead atoms. The lowest BCUT2D eigenvalue weighted by Crippen LogP contribution is -2.58. The van der Waals surface area contributed by atoms with Gasteiger partial charge in [-0.25, -0.2) is 0 Å². The molecule has 2 aromatic carbocycles. The number of alkyl halides is 3. The predicted molar refractivity (Wildman–Crippen MR) is 118 cm³/mol. The Morgan fingerprint density at radius 2 is 1.94 bits per heavy atom. The number of aromatic nitrogens is 2. The van der Waals surface area contributed by atoms with E-state index in [4.69, 9.17) is 4.74 Å². The first-order valence-electron chi connectivity index (χ1n) is 10.6. The van der Waals surface area contributed by atoms with Crippen molar-refractivity contribution in [3.63, 3.8) is 0 Å². The molecule has 0 saturated carbocycles. The Morgan fingerprint density at radius 3 is 2.56 bits per heavy atom. The number of ether oxygens (including phenoxy) is 1. The smallest absolute Gasteiger partial charge is 0.419 e. The summed E-state index contributed by atoms with van der Waals surface area (Å²) in [5, 5.41) is 21.7. The lowest BCUT2D eigenvalue weighted by Gasteiger charge is -2.49. The van der Waals surface area contributed by atoms with Crippen molar-refractivity contribution in [3.8, 4) is 5.75 Å². The molecule has 8 heteroatoms. The highest BCUT2D eigenvalue weighted by Crippen LogP contribution is 2.57. The zero-order valence-corrected chi connectivity index (χ0v) is 18.8. The van der Waals surface area contributed by atoms with Crippen molar-refractivity contribution in [2.75, 3.05) is 12.4 Å². The van der Waals surface area contributed by atoms with E-state index in [0.29, 0.717) is 22.6 Å². The first kappa shape index (κ1) is 22.5. The first-order chi connectivity index (χ1) is 14.9. The molecule has 2 unspecified atom stereocenters. The Hall–Kier alpha value is -2.74. The number of halogens is 3. The van der Waals surface area contributed by atoms with Gasteiger partial charge < -0.3 is 15.2 Å². The number of H-pyrrole nitrogens is 1. The van der Waals surface area contributed by atoms with Crippen molar-refractivity contribution < 1.29 is 23.0 Å². The fraction of sp³-hybridized carbons (Fsp3) is 0.458. The highest BCUT2D eigenvalue weighted by molar-refractivity contribution is 5.82. The van der Waals surface area contributed by atoms with E-state index in [2.05, 4.69) is 15.5 Å². The van der Waals surface area contributed by atoms with Crippen molar-refractivity contribution in [3.05, 3.63) is 53.2 Å². The first-order valence-corrected chi connectivity index (χ1v) is 10.6. The molecule has 4 rings (SSSR count). The highest BCUT2D eigenvalue weighted by Gasteiger charge is 2.64. The molecular weight excluding hydrogens is 419 g/mol. The van der Waals surface area contributed by atoms with Crippen LogP contribution in [0.4, 0.5) is 18.9 Å². The number of aliphatic hydroxyl groups is 1. The summed E-state index contributed by atoms with van der Waals surface area (Å²) in [5.41, 5.74) is -0.701. The Balaban J connectivity index is 1.94. The van der Waals surface area contributed by atoms with Gasteiger partial charge in [-0.15, -0.1) is 0 Å². The number of nitrogens with one attached hydrogen (secondary N) is 2. The van der Waals surface area contributed by atoms with Crippen molar-refractivity contribution >= 4 is 16.6 Å². The van der Waals surface area contributed by atoms with Gasteiger partial charge in [0, 0.05) is 16.6 Å². The quantitative estimate of drug-likeness (QED) is 0.471. The molecule has 2 atom stereocenters. The van der Waals surface area contributed by atoms with Crippen LogP contribution in [-0.2, 0) is 5.41 Å². The summed E-state index contributed by atoms with van der Waals surface area (Å²) < 4.78 is 48.9. The molecular formula is C24H28F3N3O2. The predicted octanol–water partition coefficient (Wildman–Crippen LogP) is 5.82. The average molecular weight is 448 g/mol. The summed E-state index contributed by atoms with van der Waals surface area (Å²) in [4.78, 5) is 0. The van der Waals surface area contributed by atoms with Crippen LogP contribution in [0.1, 0.15) is 62.8 Å². The monoisotopic (exact) mass is 447 g/mol. The summed E-state index contributed by atoms with van der Waals surface area (Å²) in [6, 6.07) is 7.22. The Kier molecular flexibility index (Phi) is 5.19. The van der Waals surface area contributed by atoms with Crippen molar-refractivity contribution in [1.29, 1.82) is 0 Å². The van der Waals surface area contributed by atoms with Gasteiger partial charge >= 0.3 is 6.18 Å². The number of rotatable bonds is 4. The second-order valence-electron chi connectivity index (χ2n) is 9.54. The molecule has 3 aromatic rings. The van der Waals surface area contributed by atoms with Gasteiger partial charge in [0.2, 0.25) is 0 Å². The van der Waals surface area contributed by atoms with Crippen LogP contribution in [0.5, 0.6) is 5.75 Å². The molecule has 0 radical (unpaired) electrons. The minimum absolute atomic E-state index is 0.129. The number of fused-ring (bicyclic) bond motifs is 2. The molecule has 0 saturated heterocycles. The van der Waals surface area contributed by atoms with E-state index in [9.17, 15) is 18.3 Å². The SMILES string of the molecule is COc1c(C(C)C)ccc2c1C(C)(C)CC(O)(C(F)(F)F)C2Nc1ccc2[nH]ncc2c1. The maximum Gasteiger partial charge on any atom is 0.419 e. The van der Waals surface area contributed by atoms with Gasteiger partial charge in [0.15, 0.2) is 5.60 Å². The number of anilines is 1. The van der Waals surface area contributed by atoms with Crippen LogP contribution in [0, 0.1) is 0 Å². The molecule has 1 heterocycles. The molecule has 0 amide bonds. The number of hydrogen-bond donors (Lipinski definition) is 3. The fourth-order valence-corrected chi connectivity index (χ4v) is 5.01. The number of methoxy groups -OCH3 is 1. The van der Waals surface area contributed by atoms with Crippen molar-refractivity contribution in [2.24, 2.45) is 0 Å². The van der Waals surface area contributed by atoms with Gasteiger partial charge in [-0.05, 0) is 47.1 Å². The maximum absolute atomic E-state index is 14.4. The second kappa shape index (κ2) is 7.40. The standard InChI is InChI=1S/C24H28F3N3O2/c1-13(2)16-7-8-17-19(20(16)32-5)22(3,4)12-23(31,24(25,26)27)21(17)29-15-6-9-18-14(10-15)11-28-30-18/h6-11,13,21,29,31H,12H2,1-5H3,(H,28,30). The Bertz CT molecular complexity index is 1150. The molecule has 0 spiro atoms. The Morgan fingerprint density at radius 1 is 1.22 bits per heavy atom. The van der Waals surface area contributed by atoms with E-state index in [1.807, 2.05) is 13.8 Å². The number of hydrogen-bond acceptors (Lipinski definition) is 4. The summed E-state index contributed by atoms with van der Waals surface area (Å²) >= 11 is 0. The highest BCUT2D eigenvalue weighted by atomic mass is 19.4. The van der Waals surface area contributed by atoms with E-state index < -0.39 is 29.7 Å². The Labute approximate surface area is 185 Å². The second-order valence-corrected chi connectivity index (χ2v) is 9.54. The van der Waals surface area contributed by atoms with Crippen LogP contribution < -0.4 is 10.1 Å². The third-order valence-electron chi connectivity index (χ3n) is 6.47. The molecule has 3 N–H and O–H groups in total. The van der Waals surface area contributed by atoms with E-state index >= 15 is 0 Å². The molecule has 1 aliphatic rings. The maximum atomic E-state index is 14.4. The van der Waals surface area contributed by atoms with Gasteiger partial charge in [-0.1, -0.05) is 39.8 Å². The lowest BCUT2D eigenvalue weighted by atomic mass is 9.62. The fourth-order valence-electron chi connectivity index (χ4n) is 5.01. The molecule has 1 aromatic heterocycles. The average Bonchev–Trinajstić information content (AvgIpc) is 3.16. The van der Waals surface area contributed by atoms with Crippen LogP contribution in [0.3, 0.4) is 0 Å². The minimum atomic E-state index is -4.84. The molecule has 0 fully saturated rings. The van der Waals surface area contributed by atoms with E-state index in [0.717, 1.165) is 16.5 Å². The van der Waals surface area contributed by atoms with Crippen LogP contribution in [0.15, 0.2) is 36.5 Å². The van der Waals surface area contributed by atoms with Gasteiger partial charge in [-0.2, -0.15) is 18.3 Å². The van der Waals surface area contributed by atoms with Gasteiger partial charge in [0.05, 0.1) is 24.9 Å². The largest absolute Gasteiger partial charge is 0.496 e. The van der Waals surface area contributed by atoms with Crippen LogP contribution >= 0.6 is 0 Å². The van der Waals surface area contributed by atoms with E-state index in [1.54, 1.807) is 50.4 Å². The van der Waals surface area contributed by atoms with E-state index in [1.165, 1.54) is 7.11 Å². The van der Waals surface area contributed by atoms with Crippen LogP contribution in [0.25, 0.3) is 10.9 Å². The summed E-state index contributed by atoms with van der Waals surface area (Å²) in [5.74, 6) is 0.716. The summed E-state index contributed by atoms with van der Waals surface area (Å²) in [6.07, 6.45) is -3.74. The lowest BCUT2D eigenvalue weighted by molar-refractivity contribution is -0.275. The van der Waals surface area contributed by atoms with Crippen molar-refractivity contribution in [2.45, 2.75) is 63.3 Å².